The SMILES string of the molecule is CC(C)(C)[C@@]1(C)Oc2ccc(C(=O)O)cc2O1. The van der Waals surface area contributed by atoms with Crippen LogP contribution in [-0.4, -0.2) is 16.9 Å². The molecule has 2 rings (SSSR count). The summed E-state index contributed by atoms with van der Waals surface area (Å²) in [6.45, 7) is 7.89. The van der Waals surface area contributed by atoms with Crippen LogP contribution >= 0.6 is 0 Å². The summed E-state index contributed by atoms with van der Waals surface area (Å²) in [7, 11) is 0. The molecule has 0 bridgehead atoms. The molecular weight excluding hydrogens is 220 g/mol. The zero-order valence-corrected chi connectivity index (χ0v) is 10.4. The molecule has 4 nitrogen and oxygen atoms in total. The molecule has 4 heteroatoms. The number of carboxylic acid groups (broad SMARTS) is 1. The second-order valence-electron chi connectivity index (χ2n) is 5.37. The molecule has 0 aromatic heterocycles. The quantitative estimate of drug-likeness (QED) is 0.814. The Hall–Kier alpha value is -1.71. The van der Waals surface area contributed by atoms with Crippen molar-refractivity contribution in [3.63, 3.8) is 0 Å². The Balaban J connectivity index is 2.37. The zero-order valence-electron chi connectivity index (χ0n) is 10.4. The average Bonchev–Trinajstić information content (AvgIpc) is 2.52. The third-order valence-corrected chi connectivity index (χ3v) is 3.16. The minimum Gasteiger partial charge on any atom is -0.478 e. The van der Waals surface area contributed by atoms with Gasteiger partial charge in [0.15, 0.2) is 11.5 Å². The Morgan fingerprint density at radius 1 is 1.24 bits per heavy atom. The fourth-order valence-electron chi connectivity index (χ4n) is 1.55. The van der Waals surface area contributed by atoms with Crippen molar-refractivity contribution in [3.8, 4) is 11.5 Å². The van der Waals surface area contributed by atoms with E-state index in [2.05, 4.69) is 0 Å². The number of fused-ring (bicyclic) bond motifs is 1. The lowest BCUT2D eigenvalue weighted by atomic mass is 9.87. The summed E-state index contributed by atoms with van der Waals surface area (Å²) in [5, 5.41) is 8.91. The summed E-state index contributed by atoms with van der Waals surface area (Å²) in [6.07, 6.45) is 0. The number of hydrogen-bond acceptors (Lipinski definition) is 3. The lowest BCUT2D eigenvalue weighted by Crippen LogP contribution is -2.47. The van der Waals surface area contributed by atoms with E-state index in [0.29, 0.717) is 11.5 Å². The molecule has 0 saturated heterocycles. The highest BCUT2D eigenvalue weighted by molar-refractivity contribution is 5.88. The molecule has 0 saturated carbocycles. The molecule has 1 aromatic rings. The van der Waals surface area contributed by atoms with Gasteiger partial charge in [-0.05, 0) is 18.2 Å². The fraction of sp³-hybridized carbons (Fsp3) is 0.462. The largest absolute Gasteiger partial charge is 0.478 e. The molecule has 0 unspecified atom stereocenters. The summed E-state index contributed by atoms with van der Waals surface area (Å²) < 4.78 is 11.5. The summed E-state index contributed by atoms with van der Waals surface area (Å²) in [5.74, 6) is -0.664. The van der Waals surface area contributed by atoms with Gasteiger partial charge in [-0.2, -0.15) is 0 Å². The second-order valence-corrected chi connectivity index (χ2v) is 5.37. The van der Waals surface area contributed by atoms with E-state index in [-0.39, 0.29) is 11.0 Å². The van der Waals surface area contributed by atoms with E-state index in [1.165, 1.54) is 12.1 Å². The van der Waals surface area contributed by atoms with Gasteiger partial charge in [-0.25, -0.2) is 4.79 Å². The first kappa shape index (κ1) is 11.8. The van der Waals surface area contributed by atoms with E-state index in [4.69, 9.17) is 14.6 Å². The molecule has 1 N–H and O–H groups in total. The van der Waals surface area contributed by atoms with E-state index in [0.717, 1.165) is 0 Å². The van der Waals surface area contributed by atoms with Gasteiger partial charge >= 0.3 is 5.97 Å². The molecule has 1 atom stereocenters. The number of carboxylic acids is 1. The van der Waals surface area contributed by atoms with Crippen LogP contribution in [0.25, 0.3) is 0 Å². The number of rotatable bonds is 1. The zero-order chi connectivity index (χ0) is 12.8. The van der Waals surface area contributed by atoms with E-state index in [1.807, 2.05) is 27.7 Å². The summed E-state index contributed by atoms with van der Waals surface area (Å²) in [4.78, 5) is 10.9. The van der Waals surface area contributed by atoms with Crippen LogP contribution in [0, 0.1) is 5.41 Å². The highest BCUT2D eigenvalue weighted by atomic mass is 16.7. The van der Waals surface area contributed by atoms with Crippen LogP contribution in [0.15, 0.2) is 18.2 Å². The lowest BCUT2D eigenvalue weighted by Gasteiger charge is -2.35. The monoisotopic (exact) mass is 236 g/mol. The topological polar surface area (TPSA) is 55.8 Å². The van der Waals surface area contributed by atoms with Gasteiger partial charge in [-0.1, -0.05) is 20.8 Å². The second kappa shape index (κ2) is 3.39. The van der Waals surface area contributed by atoms with Crippen molar-refractivity contribution < 1.29 is 19.4 Å². The molecule has 1 aliphatic rings. The number of ether oxygens (including phenoxy) is 2. The van der Waals surface area contributed by atoms with E-state index in [9.17, 15) is 4.79 Å². The van der Waals surface area contributed by atoms with Crippen molar-refractivity contribution in [2.75, 3.05) is 0 Å². The Morgan fingerprint density at radius 2 is 1.82 bits per heavy atom. The maximum Gasteiger partial charge on any atom is 0.335 e. The van der Waals surface area contributed by atoms with Gasteiger partial charge in [-0.3, -0.25) is 0 Å². The number of carbonyl (C=O) groups is 1. The Bertz CT molecular complexity index is 473. The van der Waals surface area contributed by atoms with Gasteiger partial charge in [0.05, 0.1) is 5.56 Å². The van der Waals surface area contributed by atoms with Gasteiger partial charge in [0.2, 0.25) is 0 Å². The lowest BCUT2D eigenvalue weighted by molar-refractivity contribution is -0.142. The Kier molecular flexibility index (Phi) is 2.35. The van der Waals surface area contributed by atoms with Crippen molar-refractivity contribution in [1.29, 1.82) is 0 Å². The minimum atomic E-state index is -0.972. The van der Waals surface area contributed by atoms with E-state index in [1.54, 1.807) is 6.07 Å². The van der Waals surface area contributed by atoms with Crippen LogP contribution < -0.4 is 9.47 Å². The normalized spacial score (nSPS) is 22.6. The first-order chi connectivity index (χ1) is 7.73. The summed E-state index contributed by atoms with van der Waals surface area (Å²) >= 11 is 0. The van der Waals surface area contributed by atoms with Crippen molar-refractivity contribution >= 4 is 5.97 Å². The van der Waals surface area contributed by atoms with Crippen molar-refractivity contribution in [2.24, 2.45) is 5.41 Å². The maximum absolute atomic E-state index is 10.9. The molecule has 0 amide bonds. The van der Waals surface area contributed by atoms with Crippen LogP contribution in [0.3, 0.4) is 0 Å². The van der Waals surface area contributed by atoms with Gasteiger partial charge in [0.1, 0.15) is 0 Å². The molecule has 1 heterocycles. The molecule has 0 fully saturated rings. The summed E-state index contributed by atoms with van der Waals surface area (Å²) in [6, 6.07) is 4.64. The average molecular weight is 236 g/mol. The van der Waals surface area contributed by atoms with Crippen LogP contribution in [0.5, 0.6) is 11.5 Å². The minimum absolute atomic E-state index is 0.200. The number of hydrogen-bond donors (Lipinski definition) is 1. The van der Waals surface area contributed by atoms with Gasteiger partial charge < -0.3 is 14.6 Å². The van der Waals surface area contributed by atoms with Crippen molar-refractivity contribution in [1.82, 2.24) is 0 Å². The number of benzene rings is 1. The first-order valence-electron chi connectivity index (χ1n) is 5.48. The molecule has 0 radical (unpaired) electrons. The molecule has 92 valence electrons. The predicted molar refractivity (Wildman–Crippen MR) is 62.5 cm³/mol. The first-order valence-corrected chi connectivity index (χ1v) is 5.48. The third-order valence-electron chi connectivity index (χ3n) is 3.16. The van der Waals surface area contributed by atoms with Crippen LogP contribution in [-0.2, 0) is 0 Å². The van der Waals surface area contributed by atoms with Crippen molar-refractivity contribution in [3.05, 3.63) is 23.8 Å². The highest BCUT2D eigenvalue weighted by Crippen LogP contribution is 2.46. The Labute approximate surface area is 100 Å². The maximum atomic E-state index is 10.9. The van der Waals surface area contributed by atoms with E-state index < -0.39 is 11.8 Å². The molecule has 1 aromatic carbocycles. The highest BCUT2D eigenvalue weighted by Gasteiger charge is 2.47. The Morgan fingerprint density at radius 3 is 2.35 bits per heavy atom. The fourth-order valence-corrected chi connectivity index (χ4v) is 1.55. The molecule has 1 aliphatic heterocycles. The molecule has 17 heavy (non-hydrogen) atoms. The predicted octanol–water partition coefficient (Wildman–Crippen LogP) is 2.92. The molecular formula is C13H16O4. The standard InChI is InChI=1S/C13H16O4/c1-12(2,3)13(4)16-9-6-5-8(11(14)15)7-10(9)17-13/h5-7H,1-4H3,(H,14,15)/t13-/m0/s1. The van der Waals surface area contributed by atoms with Crippen LogP contribution in [0.2, 0.25) is 0 Å². The van der Waals surface area contributed by atoms with Crippen LogP contribution in [0.1, 0.15) is 38.1 Å². The number of aromatic carboxylic acids is 1. The van der Waals surface area contributed by atoms with Crippen LogP contribution in [0.4, 0.5) is 0 Å². The van der Waals surface area contributed by atoms with Gasteiger partial charge in [-0.15, -0.1) is 0 Å². The van der Waals surface area contributed by atoms with E-state index >= 15 is 0 Å². The molecule has 0 spiro atoms. The third kappa shape index (κ3) is 1.84. The van der Waals surface area contributed by atoms with Gasteiger partial charge in [0.25, 0.3) is 5.79 Å². The van der Waals surface area contributed by atoms with Gasteiger partial charge in [0, 0.05) is 12.3 Å². The summed E-state index contributed by atoms with van der Waals surface area (Å²) in [5.41, 5.74) is -0.0133. The smallest absolute Gasteiger partial charge is 0.335 e. The van der Waals surface area contributed by atoms with Crippen molar-refractivity contribution in [2.45, 2.75) is 33.5 Å². The molecule has 0 aliphatic carbocycles.